The van der Waals surface area contributed by atoms with E-state index in [9.17, 15) is 4.79 Å². The Bertz CT molecular complexity index is 684. The van der Waals surface area contributed by atoms with Crippen LogP contribution >= 0.6 is 22.9 Å². The number of hydrogen-bond acceptors (Lipinski definition) is 4. The molecule has 0 saturated carbocycles. The Morgan fingerprint density at radius 1 is 1.38 bits per heavy atom. The predicted octanol–water partition coefficient (Wildman–Crippen LogP) is 4.45. The smallest absolute Gasteiger partial charge is 0.255 e. The number of nitrogens with zero attached hydrogens (tertiary/aromatic N) is 3. The number of piperidine rings is 1. The second-order valence-electron chi connectivity index (χ2n) is 5.98. The summed E-state index contributed by atoms with van der Waals surface area (Å²) in [4.78, 5) is 22.4. The molecule has 24 heavy (non-hydrogen) atoms. The third-order valence-electron chi connectivity index (χ3n) is 4.32. The highest BCUT2D eigenvalue weighted by molar-refractivity contribution is 7.09. The summed E-state index contributed by atoms with van der Waals surface area (Å²) in [7, 11) is 0. The summed E-state index contributed by atoms with van der Waals surface area (Å²) in [5.41, 5.74) is 0.581. The first kappa shape index (κ1) is 17.2. The summed E-state index contributed by atoms with van der Waals surface area (Å²) in [5.74, 6) is 0.778. The minimum Gasteiger partial charge on any atom is -0.351 e. The van der Waals surface area contributed by atoms with Crippen molar-refractivity contribution in [2.75, 3.05) is 24.5 Å². The topological polar surface area (TPSA) is 36.4 Å². The van der Waals surface area contributed by atoms with Gasteiger partial charge in [-0.15, -0.1) is 11.3 Å². The fourth-order valence-corrected chi connectivity index (χ4v) is 3.99. The quantitative estimate of drug-likeness (QED) is 0.787. The molecule has 0 bridgehead atoms. The molecule has 3 rings (SSSR count). The van der Waals surface area contributed by atoms with Gasteiger partial charge in [0, 0.05) is 30.7 Å². The third-order valence-corrected chi connectivity index (χ3v) is 5.46. The van der Waals surface area contributed by atoms with E-state index < -0.39 is 0 Å². The molecule has 0 unspecified atom stereocenters. The maximum absolute atomic E-state index is 12.6. The van der Waals surface area contributed by atoms with E-state index in [0.717, 1.165) is 44.8 Å². The molecule has 0 radical (unpaired) electrons. The fourth-order valence-electron chi connectivity index (χ4n) is 2.99. The molecule has 0 atom stereocenters. The summed E-state index contributed by atoms with van der Waals surface area (Å²) in [6.45, 7) is 5.33. The molecule has 128 valence electrons. The van der Waals surface area contributed by atoms with Crippen LogP contribution in [-0.2, 0) is 6.54 Å². The molecule has 0 aromatic carbocycles. The lowest BCUT2D eigenvalue weighted by Crippen LogP contribution is -2.35. The maximum atomic E-state index is 12.6. The number of pyridine rings is 1. The monoisotopic (exact) mass is 363 g/mol. The van der Waals surface area contributed by atoms with Crippen LogP contribution in [0.15, 0.2) is 29.8 Å². The zero-order chi connectivity index (χ0) is 16.9. The van der Waals surface area contributed by atoms with Gasteiger partial charge in [0.15, 0.2) is 0 Å². The molecule has 1 aliphatic rings. The Labute approximate surface area is 152 Å². The number of carbonyl (C=O) groups is 1. The van der Waals surface area contributed by atoms with Gasteiger partial charge in [0.1, 0.15) is 5.82 Å². The molecule has 0 spiro atoms. The van der Waals surface area contributed by atoms with Crippen molar-refractivity contribution in [3.63, 3.8) is 0 Å². The van der Waals surface area contributed by atoms with Crippen molar-refractivity contribution in [3.05, 3.63) is 45.2 Å². The normalized spacial score (nSPS) is 14.7. The van der Waals surface area contributed by atoms with Crippen LogP contribution in [0.5, 0.6) is 0 Å². The van der Waals surface area contributed by atoms with Gasteiger partial charge in [0.2, 0.25) is 0 Å². The lowest BCUT2D eigenvalue weighted by molar-refractivity contribution is 0.0724. The lowest BCUT2D eigenvalue weighted by atomic mass is 10.1. The summed E-state index contributed by atoms with van der Waals surface area (Å²) < 4.78 is 0. The number of rotatable bonds is 5. The number of thiophene rings is 1. The number of anilines is 1. The van der Waals surface area contributed by atoms with Gasteiger partial charge in [-0.25, -0.2) is 4.98 Å². The van der Waals surface area contributed by atoms with Crippen LogP contribution < -0.4 is 4.90 Å². The molecule has 1 amide bonds. The Balaban J connectivity index is 1.76. The SMILES string of the molecule is CCN(Cc1cccs1)c1ncc(C(=O)N2CCCCC2)cc1Cl. The lowest BCUT2D eigenvalue weighted by Gasteiger charge is -2.27. The van der Waals surface area contributed by atoms with Crippen molar-refractivity contribution in [2.45, 2.75) is 32.7 Å². The Hall–Kier alpha value is -1.59. The number of amides is 1. The van der Waals surface area contributed by atoms with Crippen molar-refractivity contribution in [2.24, 2.45) is 0 Å². The largest absolute Gasteiger partial charge is 0.351 e. The van der Waals surface area contributed by atoms with Crippen LogP contribution in [0.2, 0.25) is 5.02 Å². The van der Waals surface area contributed by atoms with Crippen molar-refractivity contribution in [1.29, 1.82) is 0 Å². The van der Waals surface area contributed by atoms with Gasteiger partial charge in [-0.2, -0.15) is 0 Å². The molecular formula is C18H22ClN3OS. The zero-order valence-electron chi connectivity index (χ0n) is 13.9. The molecule has 2 aromatic heterocycles. The van der Waals surface area contributed by atoms with Crippen LogP contribution in [0.25, 0.3) is 0 Å². The van der Waals surface area contributed by atoms with Crippen LogP contribution in [0.1, 0.15) is 41.4 Å². The molecule has 1 saturated heterocycles. The molecule has 1 fully saturated rings. The van der Waals surface area contributed by atoms with Gasteiger partial charge in [-0.1, -0.05) is 17.7 Å². The Morgan fingerprint density at radius 3 is 2.79 bits per heavy atom. The number of halogens is 1. The molecule has 1 aliphatic heterocycles. The number of likely N-dealkylation sites (tertiary alicyclic amines) is 1. The van der Waals surface area contributed by atoms with Gasteiger partial charge < -0.3 is 9.80 Å². The minimum atomic E-state index is 0.0388. The van der Waals surface area contributed by atoms with E-state index in [1.807, 2.05) is 11.0 Å². The maximum Gasteiger partial charge on any atom is 0.255 e. The van der Waals surface area contributed by atoms with E-state index >= 15 is 0 Å². The minimum absolute atomic E-state index is 0.0388. The Morgan fingerprint density at radius 2 is 2.17 bits per heavy atom. The standard InChI is InChI=1S/C18H22ClN3OS/c1-2-21(13-15-7-6-10-24-15)17-16(19)11-14(12-20-17)18(23)22-8-4-3-5-9-22/h6-7,10-12H,2-5,8-9,13H2,1H3. The molecule has 4 nitrogen and oxygen atoms in total. The van der Waals surface area contributed by atoms with Gasteiger partial charge in [0.05, 0.1) is 17.1 Å². The zero-order valence-corrected chi connectivity index (χ0v) is 15.4. The van der Waals surface area contributed by atoms with E-state index in [0.29, 0.717) is 10.6 Å². The molecular weight excluding hydrogens is 342 g/mol. The van der Waals surface area contributed by atoms with Gasteiger partial charge >= 0.3 is 0 Å². The summed E-state index contributed by atoms with van der Waals surface area (Å²) in [5, 5.41) is 2.61. The summed E-state index contributed by atoms with van der Waals surface area (Å²) in [6, 6.07) is 5.91. The second kappa shape index (κ2) is 7.99. The van der Waals surface area contributed by atoms with Gasteiger partial charge in [0.25, 0.3) is 5.91 Å². The summed E-state index contributed by atoms with van der Waals surface area (Å²) >= 11 is 8.18. The summed E-state index contributed by atoms with van der Waals surface area (Å²) in [6.07, 6.45) is 5.02. The molecule has 0 aliphatic carbocycles. The molecule has 0 N–H and O–H groups in total. The van der Waals surface area contributed by atoms with Crippen LogP contribution in [0.3, 0.4) is 0 Å². The molecule has 6 heteroatoms. The molecule has 3 heterocycles. The highest BCUT2D eigenvalue weighted by Gasteiger charge is 2.20. The average molecular weight is 364 g/mol. The van der Waals surface area contributed by atoms with Crippen LogP contribution in [0.4, 0.5) is 5.82 Å². The van der Waals surface area contributed by atoms with Crippen molar-refractivity contribution in [3.8, 4) is 0 Å². The average Bonchev–Trinajstić information content (AvgIpc) is 3.13. The first-order valence-electron chi connectivity index (χ1n) is 8.41. The predicted molar refractivity (Wildman–Crippen MR) is 100 cm³/mol. The number of aromatic nitrogens is 1. The van der Waals surface area contributed by atoms with Crippen LogP contribution in [0, 0.1) is 0 Å². The second-order valence-corrected chi connectivity index (χ2v) is 7.42. The Kier molecular flexibility index (Phi) is 5.74. The van der Waals surface area contributed by atoms with E-state index in [-0.39, 0.29) is 5.91 Å². The van der Waals surface area contributed by atoms with Crippen molar-refractivity contribution >= 4 is 34.7 Å². The van der Waals surface area contributed by atoms with Gasteiger partial charge in [-0.3, -0.25) is 4.79 Å². The van der Waals surface area contributed by atoms with E-state index in [1.165, 1.54) is 11.3 Å². The number of hydrogen-bond donors (Lipinski definition) is 0. The fraction of sp³-hybridized carbons (Fsp3) is 0.444. The highest BCUT2D eigenvalue weighted by Crippen LogP contribution is 2.27. The van der Waals surface area contributed by atoms with Crippen LogP contribution in [-0.4, -0.2) is 35.4 Å². The van der Waals surface area contributed by atoms with Crippen molar-refractivity contribution in [1.82, 2.24) is 9.88 Å². The highest BCUT2D eigenvalue weighted by atomic mass is 35.5. The third kappa shape index (κ3) is 3.90. The van der Waals surface area contributed by atoms with Crippen molar-refractivity contribution < 1.29 is 4.79 Å². The number of carbonyl (C=O) groups excluding carboxylic acids is 1. The van der Waals surface area contributed by atoms with Gasteiger partial charge in [-0.05, 0) is 43.7 Å². The first-order valence-corrected chi connectivity index (χ1v) is 9.67. The van der Waals surface area contributed by atoms with E-state index in [2.05, 4.69) is 28.3 Å². The van der Waals surface area contributed by atoms with E-state index in [4.69, 9.17) is 11.6 Å². The molecule has 2 aromatic rings. The van der Waals surface area contributed by atoms with E-state index in [1.54, 1.807) is 23.6 Å². The first-order chi connectivity index (χ1) is 11.7.